The summed E-state index contributed by atoms with van der Waals surface area (Å²) in [4.78, 5) is 0. The fourth-order valence-corrected chi connectivity index (χ4v) is 2.33. The van der Waals surface area contributed by atoms with Crippen LogP contribution in [0.25, 0.3) is 0 Å². The number of benzene rings is 1. The average Bonchev–Trinajstić information content (AvgIpc) is 2.47. The second-order valence-corrected chi connectivity index (χ2v) is 5.59. The maximum Gasteiger partial charge on any atom is 0.0661 e. The Balaban J connectivity index is 2.14. The van der Waals surface area contributed by atoms with Crippen LogP contribution in [0.3, 0.4) is 0 Å². The molecule has 0 fully saturated rings. The van der Waals surface area contributed by atoms with Crippen molar-refractivity contribution in [1.82, 2.24) is 5.32 Å². The highest BCUT2D eigenvalue weighted by Crippen LogP contribution is 2.14. The van der Waals surface area contributed by atoms with Gasteiger partial charge in [0.15, 0.2) is 0 Å². The first-order chi connectivity index (χ1) is 9.77. The van der Waals surface area contributed by atoms with Crippen molar-refractivity contribution in [2.45, 2.75) is 58.4 Å². The smallest absolute Gasteiger partial charge is 0.0661 e. The van der Waals surface area contributed by atoms with Crippen LogP contribution in [-0.4, -0.2) is 20.3 Å². The normalized spacial score (nSPS) is 12.6. The lowest BCUT2D eigenvalue weighted by Gasteiger charge is -2.17. The largest absolute Gasteiger partial charge is 0.379 e. The minimum Gasteiger partial charge on any atom is -0.379 e. The summed E-state index contributed by atoms with van der Waals surface area (Å²) in [5.74, 6) is 0. The average molecular weight is 277 g/mol. The van der Waals surface area contributed by atoms with Crippen LogP contribution in [0, 0.1) is 6.92 Å². The Labute approximate surface area is 124 Å². The summed E-state index contributed by atoms with van der Waals surface area (Å²) >= 11 is 0. The molecule has 0 saturated heterocycles. The molecule has 2 heteroatoms. The third-order valence-electron chi connectivity index (χ3n) is 3.75. The van der Waals surface area contributed by atoms with Gasteiger partial charge in [-0.2, -0.15) is 0 Å². The SMILES string of the molecule is CCCCCCCCOCC(NC)c1ccc(C)cc1. The predicted molar refractivity (Wildman–Crippen MR) is 87.2 cm³/mol. The van der Waals surface area contributed by atoms with Crippen LogP contribution in [0.15, 0.2) is 24.3 Å². The van der Waals surface area contributed by atoms with Gasteiger partial charge in [0.05, 0.1) is 12.6 Å². The molecule has 0 spiro atoms. The lowest BCUT2D eigenvalue weighted by atomic mass is 10.1. The van der Waals surface area contributed by atoms with Crippen molar-refractivity contribution in [2.24, 2.45) is 0 Å². The van der Waals surface area contributed by atoms with E-state index in [1.165, 1.54) is 49.7 Å². The number of likely N-dealkylation sites (N-methyl/N-ethyl adjacent to an activating group) is 1. The van der Waals surface area contributed by atoms with Gasteiger partial charge in [-0.1, -0.05) is 68.9 Å². The molecule has 0 aromatic heterocycles. The van der Waals surface area contributed by atoms with Crippen molar-refractivity contribution < 1.29 is 4.74 Å². The topological polar surface area (TPSA) is 21.3 Å². The maximum absolute atomic E-state index is 5.82. The van der Waals surface area contributed by atoms with E-state index in [9.17, 15) is 0 Å². The van der Waals surface area contributed by atoms with Gasteiger partial charge in [0.2, 0.25) is 0 Å². The molecule has 0 aliphatic rings. The van der Waals surface area contributed by atoms with Gasteiger partial charge >= 0.3 is 0 Å². The number of hydrogen-bond acceptors (Lipinski definition) is 2. The minimum absolute atomic E-state index is 0.302. The molecular weight excluding hydrogens is 246 g/mol. The van der Waals surface area contributed by atoms with Gasteiger partial charge < -0.3 is 10.1 Å². The Morgan fingerprint density at radius 3 is 2.30 bits per heavy atom. The Morgan fingerprint density at radius 1 is 1.00 bits per heavy atom. The molecule has 0 aliphatic heterocycles. The Hall–Kier alpha value is -0.860. The van der Waals surface area contributed by atoms with Gasteiger partial charge in [0.25, 0.3) is 0 Å². The first-order valence-electron chi connectivity index (χ1n) is 8.09. The number of unbranched alkanes of at least 4 members (excludes halogenated alkanes) is 5. The summed E-state index contributed by atoms with van der Waals surface area (Å²) in [7, 11) is 2.00. The number of ether oxygens (including phenoxy) is 1. The molecule has 0 radical (unpaired) electrons. The number of nitrogens with one attached hydrogen (secondary N) is 1. The molecule has 0 aliphatic carbocycles. The van der Waals surface area contributed by atoms with Crippen LogP contribution < -0.4 is 5.32 Å². The van der Waals surface area contributed by atoms with Crippen LogP contribution in [0.5, 0.6) is 0 Å². The second kappa shape index (κ2) is 10.9. The van der Waals surface area contributed by atoms with E-state index in [0.29, 0.717) is 6.04 Å². The molecule has 1 atom stereocenters. The van der Waals surface area contributed by atoms with E-state index in [4.69, 9.17) is 4.74 Å². The van der Waals surface area contributed by atoms with Crippen molar-refractivity contribution in [3.63, 3.8) is 0 Å². The van der Waals surface area contributed by atoms with Crippen LogP contribution in [0.4, 0.5) is 0 Å². The highest BCUT2D eigenvalue weighted by atomic mass is 16.5. The summed E-state index contributed by atoms with van der Waals surface area (Å²) in [6.07, 6.45) is 7.90. The standard InChI is InChI=1S/C18H31NO/c1-4-5-6-7-8-9-14-20-15-18(19-3)17-12-10-16(2)11-13-17/h10-13,18-19H,4-9,14-15H2,1-3H3. The first kappa shape index (κ1) is 17.2. The molecule has 1 aromatic carbocycles. The molecule has 114 valence electrons. The number of rotatable bonds is 11. The van der Waals surface area contributed by atoms with Crippen molar-refractivity contribution in [3.05, 3.63) is 35.4 Å². The maximum atomic E-state index is 5.82. The lowest BCUT2D eigenvalue weighted by Crippen LogP contribution is -2.22. The van der Waals surface area contributed by atoms with E-state index >= 15 is 0 Å². The van der Waals surface area contributed by atoms with Gasteiger partial charge in [0.1, 0.15) is 0 Å². The fraction of sp³-hybridized carbons (Fsp3) is 0.667. The molecule has 1 unspecified atom stereocenters. The van der Waals surface area contributed by atoms with Crippen LogP contribution in [0.1, 0.15) is 62.6 Å². The Bertz CT molecular complexity index is 334. The molecule has 1 aromatic rings. The summed E-state index contributed by atoms with van der Waals surface area (Å²) in [6.45, 7) is 6.02. The monoisotopic (exact) mass is 277 g/mol. The predicted octanol–water partition coefficient (Wildman–Crippen LogP) is 4.63. The Morgan fingerprint density at radius 2 is 1.65 bits per heavy atom. The molecule has 0 amide bonds. The van der Waals surface area contributed by atoms with E-state index in [1.807, 2.05) is 7.05 Å². The van der Waals surface area contributed by atoms with E-state index in [2.05, 4.69) is 43.4 Å². The van der Waals surface area contributed by atoms with E-state index in [1.54, 1.807) is 0 Å². The van der Waals surface area contributed by atoms with Crippen molar-refractivity contribution >= 4 is 0 Å². The number of aryl methyl sites for hydroxylation is 1. The van der Waals surface area contributed by atoms with Crippen LogP contribution in [-0.2, 0) is 4.74 Å². The second-order valence-electron chi connectivity index (χ2n) is 5.59. The molecule has 0 saturated carbocycles. The van der Waals surface area contributed by atoms with Gasteiger partial charge in [-0.3, -0.25) is 0 Å². The van der Waals surface area contributed by atoms with E-state index in [0.717, 1.165) is 13.2 Å². The summed E-state index contributed by atoms with van der Waals surface area (Å²) in [5.41, 5.74) is 2.61. The molecule has 0 heterocycles. The van der Waals surface area contributed by atoms with Gasteiger partial charge in [-0.15, -0.1) is 0 Å². The fourth-order valence-electron chi connectivity index (χ4n) is 2.33. The van der Waals surface area contributed by atoms with Crippen molar-refractivity contribution in [3.8, 4) is 0 Å². The highest BCUT2D eigenvalue weighted by Gasteiger charge is 2.08. The molecule has 1 rings (SSSR count). The van der Waals surface area contributed by atoms with Crippen molar-refractivity contribution in [1.29, 1.82) is 0 Å². The van der Waals surface area contributed by atoms with Crippen LogP contribution >= 0.6 is 0 Å². The minimum atomic E-state index is 0.302. The molecule has 0 bridgehead atoms. The van der Waals surface area contributed by atoms with Crippen LogP contribution in [0.2, 0.25) is 0 Å². The molecule has 1 N–H and O–H groups in total. The van der Waals surface area contributed by atoms with Gasteiger partial charge in [0, 0.05) is 6.61 Å². The lowest BCUT2D eigenvalue weighted by molar-refractivity contribution is 0.110. The number of hydrogen-bond donors (Lipinski definition) is 1. The summed E-state index contributed by atoms with van der Waals surface area (Å²) < 4.78 is 5.82. The zero-order valence-corrected chi connectivity index (χ0v) is 13.5. The van der Waals surface area contributed by atoms with Crippen molar-refractivity contribution in [2.75, 3.05) is 20.3 Å². The summed E-state index contributed by atoms with van der Waals surface area (Å²) in [6, 6.07) is 8.99. The van der Waals surface area contributed by atoms with Gasteiger partial charge in [-0.25, -0.2) is 0 Å². The quantitative estimate of drug-likeness (QED) is 0.595. The molecule has 2 nitrogen and oxygen atoms in total. The van der Waals surface area contributed by atoms with E-state index < -0.39 is 0 Å². The zero-order chi connectivity index (χ0) is 14.6. The van der Waals surface area contributed by atoms with E-state index in [-0.39, 0.29) is 0 Å². The van der Waals surface area contributed by atoms with Gasteiger partial charge in [-0.05, 0) is 26.0 Å². The third-order valence-corrected chi connectivity index (χ3v) is 3.75. The third kappa shape index (κ3) is 7.06. The molecule has 20 heavy (non-hydrogen) atoms. The summed E-state index contributed by atoms with van der Waals surface area (Å²) in [5, 5.41) is 3.33. The molecular formula is C18H31NO. The highest BCUT2D eigenvalue weighted by molar-refractivity contribution is 5.24. The first-order valence-corrected chi connectivity index (χ1v) is 8.09. The Kier molecular flexibility index (Phi) is 9.35. The zero-order valence-electron chi connectivity index (χ0n) is 13.5.